The minimum Gasteiger partial charge on any atom is -0.370 e. The first kappa shape index (κ1) is 19.4. The fourth-order valence-corrected chi connectivity index (χ4v) is 4.50. The van der Waals surface area contributed by atoms with Crippen LogP contribution in [0.1, 0.15) is 52.0 Å². The van der Waals surface area contributed by atoms with Gasteiger partial charge in [0.25, 0.3) is 0 Å². The van der Waals surface area contributed by atoms with Gasteiger partial charge in [0.05, 0.1) is 30.5 Å². The van der Waals surface area contributed by atoms with Gasteiger partial charge in [-0.3, -0.25) is 0 Å². The zero-order chi connectivity index (χ0) is 18.8. The number of hydrogen-bond acceptors (Lipinski definition) is 3. The first-order chi connectivity index (χ1) is 12.4. The largest absolute Gasteiger partial charge is 0.370 e. The van der Waals surface area contributed by atoms with Crippen LogP contribution in [0.25, 0.3) is 0 Å². The van der Waals surface area contributed by atoms with Crippen LogP contribution in [0.3, 0.4) is 0 Å². The molecule has 2 saturated heterocycles. The summed E-state index contributed by atoms with van der Waals surface area (Å²) in [4.78, 5) is 0. The summed E-state index contributed by atoms with van der Waals surface area (Å²) in [6, 6.07) is 6.77. The van der Waals surface area contributed by atoms with Crippen LogP contribution in [0.15, 0.2) is 24.3 Å². The maximum Gasteiger partial charge on any atom is 0.128 e. The highest BCUT2D eigenvalue weighted by Crippen LogP contribution is 2.60. The summed E-state index contributed by atoms with van der Waals surface area (Å²) in [7, 11) is 0. The van der Waals surface area contributed by atoms with Crippen LogP contribution in [0.5, 0.6) is 0 Å². The molecule has 1 aromatic carbocycles. The van der Waals surface area contributed by atoms with Gasteiger partial charge in [-0.15, -0.1) is 6.42 Å². The van der Waals surface area contributed by atoms with E-state index in [0.717, 1.165) is 25.7 Å². The Balaban J connectivity index is 1.73. The molecule has 3 rings (SSSR count). The lowest BCUT2D eigenvalue weighted by Crippen LogP contribution is -2.46. The van der Waals surface area contributed by atoms with Crippen LogP contribution in [0.4, 0.5) is 4.39 Å². The van der Waals surface area contributed by atoms with Crippen molar-refractivity contribution < 1.29 is 18.6 Å². The average Bonchev–Trinajstić information content (AvgIpc) is 3.17. The third-order valence-corrected chi connectivity index (χ3v) is 6.33. The molecule has 0 unspecified atom stereocenters. The van der Waals surface area contributed by atoms with Gasteiger partial charge in [0.1, 0.15) is 12.4 Å². The normalized spacial score (nSPS) is 30.5. The van der Waals surface area contributed by atoms with Crippen molar-refractivity contribution in [1.82, 2.24) is 0 Å². The summed E-state index contributed by atoms with van der Waals surface area (Å²) in [5.74, 6) is 2.30. The second-order valence-electron chi connectivity index (χ2n) is 8.19. The first-order valence-corrected chi connectivity index (χ1v) is 9.44. The number of benzene rings is 1. The van der Waals surface area contributed by atoms with Crippen LogP contribution in [0, 0.1) is 23.6 Å². The Morgan fingerprint density at radius 2 is 2.12 bits per heavy atom. The molecule has 1 aromatic rings. The van der Waals surface area contributed by atoms with Gasteiger partial charge in [0.15, 0.2) is 0 Å². The van der Waals surface area contributed by atoms with E-state index in [2.05, 4.69) is 26.7 Å². The zero-order valence-corrected chi connectivity index (χ0v) is 16.0. The van der Waals surface area contributed by atoms with E-state index in [1.807, 2.05) is 6.07 Å². The molecule has 2 aliphatic rings. The van der Waals surface area contributed by atoms with Gasteiger partial charge in [-0.05, 0) is 25.3 Å². The van der Waals surface area contributed by atoms with Gasteiger partial charge in [0.2, 0.25) is 0 Å². The van der Waals surface area contributed by atoms with Gasteiger partial charge in [-0.25, -0.2) is 4.39 Å². The van der Waals surface area contributed by atoms with E-state index in [1.165, 1.54) is 6.07 Å². The molecule has 3 nitrogen and oxygen atoms in total. The van der Waals surface area contributed by atoms with E-state index >= 15 is 0 Å². The number of fused-ring (bicyclic) bond motifs is 2. The minimum atomic E-state index is -0.283. The molecule has 2 heterocycles. The highest BCUT2D eigenvalue weighted by molar-refractivity contribution is 5.18. The van der Waals surface area contributed by atoms with Gasteiger partial charge >= 0.3 is 0 Å². The number of ether oxygens (including phenoxy) is 3. The molecule has 0 saturated carbocycles. The third kappa shape index (κ3) is 3.29. The molecule has 3 atom stereocenters. The topological polar surface area (TPSA) is 27.7 Å². The number of rotatable bonds is 8. The highest BCUT2D eigenvalue weighted by Gasteiger charge is 2.65. The van der Waals surface area contributed by atoms with E-state index in [1.54, 1.807) is 12.1 Å². The summed E-state index contributed by atoms with van der Waals surface area (Å²) in [5.41, 5.74) is -0.143. The van der Waals surface area contributed by atoms with Crippen molar-refractivity contribution in [3.05, 3.63) is 35.6 Å². The van der Waals surface area contributed by atoms with E-state index in [9.17, 15) is 4.39 Å². The molecular weight excluding hydrogens is 331 g/mol. The van der Waals surface area contributed by atoms with E-state index in [4.69, 9.17) is 20.6 Å². The molecule has 0 amide bonds. The van der Waals surface area contributed by atoms with Gasteiger partial charge < -0.3 is 14.2 Å². The second-order valence-corrected chi connectivity index (χ2v) is 8.19. The molecule has 0 N–H and O–H groups in total. The predicted octanol–water partition coefficient (Wildman–Crippen LogP) is 4.49. The van der Waals surface area contributed by atoms with E-state index in [0.29, 0.717) is 18.8 Å². The number of halogens is 1. The molecule has 0 aromatic heterocycles. The van der Waals surface area contributed by atoms with Crippen molar-refractivity contribution in [2.45, 2.75) is 70.4 Å². The summed E-state index contributed by atoms with van der Waals surface area (Å²) < 4.78 is 32.4. The summed E-state index contributed by atoms with van der Waals surface area (Å²) in [6.07, 6.45) is 8.91. The molecule has 0 radical (unpaired) electrons. The van der Waals surface area contributed by atoms with E-state index in [-0.39, 0.29) is 35.1 Å². The fraction of sp³-hybridized carbons (Fsp3) is 0.636. The monoisotopic (exact) mass is 360 g/mol. The van der Waals surface area contributed by atoms with Crippen molar-refractivity contribution >= 4 is 0 Å². The molecule has 4 heteroatoms. The lowest BCUT2D eigenvalue weighted by Gasteiger charge is -2.41. The Morgan fingerprint density at radius 1 is 1.35 bits per heavy atom. The Kier molecular flexibility index (Phi) is 5.44. The molecule has 2 aliphatic heterocycles. The molecule has 0 aliphatic carbocycles. The Bertz CT molecular complexity index is 680. The number of terminal acetylenes is 1. The average molecular weight is 360 g/mol. The maximum atomic E-state index is 13.9. The highest BCUT2D eigenvalue weighted by atomic mass is 19.1. The van der Waals surface area contributed by atoms with Gasteiger partial charge in [0, 0.05) is 17.4 Å². The van der Waals surface area contributed by atoms with Crippen molar-refractivity contribution in [3.63, 3.8) is 0 Å². The van der Waals surface area contributed by atoms with Crippen LogP contribution >= 0.6 is 0 Å². The lowest BCUT2D eigenvalue weighted by atomic mass is 9.67. The van der Waals surface area contributed by atoms with Gasteiger partial charge in [-0.1, -0.05) is 44.9 Å². The Hall–Kier alpha value is -1.41. The predicted molar refractivity (Wildman–Crippen MR) is 99.1 cm³/mol. The second kappa shape index (κ2) is 7.31. The van der Waals surface area contributed by atoms with E-state index < -0.39 is 0 Å². The van der Waals surface area contributed by atoms with Crippen molar-refractivity contribution in [2.24, 2.45) is 5.41 Å². The smallest absolute Gasteiger partial charge is 0.128 e. The molecular formula is C22H29FO3. The van der Waals surface area contributed by atoms with Crippen molar-refractivity contribution in [3.8, 4) is 12.3 Å². The van der Waals surface area contributed by atoms with Crippen LogP contribution in [-0.2, 0) is 20.8 Å². The molecule has 0 spiro atoms. The molecule has 2 bridgehead atoms. The lowest BCUT2D eigenvalue weighted by molar-refractivity contribution is -0.142. The first-order valence-electron chi connectivity index (χ1n) is 9.44. The molecule has 2 fully saturated rings. The minimum absolute atomic E-state index is 0.0345. The molecule has 26 heavy (non-hydrogen) atoms. The Morgan fingerprint density at radius 3 is 2.81 bits per heavy atom. The standard InChI is InChI=1S/C22H29FO3/c1-5-13-24-16-20(3,4)22-12-11-21(6-2,26-22)19(14-22)25-15-17-9-7-8-10-18(17)23/h1,7-10,19H,6,11-16H2,2-4H3/t19-,21+,22-/m0/s1. The van der Waals surface area contributed by atoms with Crippen LogP contribution < -0.4 is 0 Å². The van der Waals surface area contributed by atoms with Crippen LogP contribution in [0.2, 0.25) is 0 Å². The van der Waals surface area contributed by atoms with Crippen LogP contribution in [-0.4, -0.2) is 30.5 Å². The zero-order valence-electron chi connectivity index (χ0n) is 16.0. The summed E-state index contributed by atoms with van der Waals surface area (Å²) >= 11 is 0. The molecule has 142 valence electrons. The number of hydrogen-bond donors (Lipinski definition) is 0. The van der Waals surface area contributed by atoms with Gasteiger partial charge in [-0.2, -0.15) is 0 Å². The summed E-state index contributed by atoms with van der Waals surface area (Å²) in [6.45, 7) is 7.63. The summed E-state index contributed by atoms with van der Waals surface area (Å²) in [5, 5.41) is 0. The Labute approximate surface area is 156 Å². The third-order valence-electron chi connectivity index (χ3n) is 6.33. The van der Waals surface area contributed by atoms with Crippen molar-refractivity contribution in [2.75, 3.05) is 13.2 Å². The fourth-order valence-electron chi connectivity index (χ4n) is 4.50. The maximum absolute atomic E-state index is 13.9. The van der Waals surface area contributed by atoms with Crippen molar-refractivity contribution in [1.29, 1.82) is 0 Å². The quantitative estimate of drug-likeness (QED) is 0.505. The SMILES string of the molecule is C#CCOCC(C)(C)[C@@]12CC[C@@](CC)(O1)[C@@H](OCc1ccccc1F)C2.